The number of imidazole rings is 1. The zero-order valence-electron chi connectivity index (χ0n) is 16.6. The van der Waals surface area contributed by atoms with Gasteiger partial charge in [0, 0.05) is 23.6 Å². The summed E-state index contributed by atoms with van der Waals surface area (Å²) >= 11 is 0. The number of carbonyl (C=O) groups is 1. The average molecular weight is 391 g/mol. The van der Waals surface area contributed by atoms with E-state index < -0.39 is 5.67 Å². The molecule has 1 atom stereocenters. The fraction of sp³-hybridized carbons (Fsp3) is 0.364. The Labute approximate surface area is 168 Å². The maximum absolute atomic E-state index is 14.3. The quantitative estimate of drug-likeness (QED) is 0.781. The molecule has 148 valence electrons. The van der Waals surface area contributed by atoms with E-state index in [4.69, 9.17) is 0 Å². The van der Waals surface area contributed by atoms with Crippen molar-refractivity contribution in [2.45, 2.75) is 45.2 Å². The number of aromatic nitrogens is 3. The van der Waals surface area contributed by atoms with Gasteiger partial charge in [0.15, 0.2) is 11.5 Å². The van der Waals surface area contributed by atoms with Crippen LogP contribution in [0.5, 0.6) is 0 Å². The van der Waals surface area contributed by atoms with Crippen LogP contribution in [-0.2, 0) is 4.79 Å². The van der Waals surface area contributed by atoms with Crippen molar-refractivity contribution >= 4 is 17.4 Å². The maximum Gasteiger partial charge on any atom is 0.228 e. The molecule has 0 aromatic carbocycles. The third-order valence-electron chi connectivity index (χ3n) is 5.54. The first-order chi connectivity index (χ1) is 13.8. The molecule has 0 radical (unpaired) electrons. The first-order valence-corrected chi connectivity index (χ1v) is 9.86. The van der Waals surface area contributed by atoms with E-state index in [-0.39, 0.29) is 17.7 Å². The molecule has 7 heteroatoms. The molecule has 0 saturated heterocycles. The topological polar surface area (TPSA) is 62.5 Å². The van der Waals surface area contributed by atoms with Crippen molar-refractivity contribution in [2.24, 2.45) is 5.92 Å². The highest BCUT2D eigenvalue weighted by molar-refractivity contribution is 5.93. The van der Waals surface area contributed by atoms with Crippen LogP contribution in [-0.4, -0.2) is 31.1 Å². The second-order valence-electron chi connectivity index (χ2n) is 8.33. The first-order valence-electron chi connectivity index (χ1n) is 9.86. The van der Waals surface area contributed by atoms with Crippen molar-refractivity contribution in [3.05, 3.63) is 65.1 Å². The average Bonchev–Trinajstić information content (AvgIpc) is 3.42. The van der Waals surface area contributed by atoms with Crippen molar-refractivity contribution in [1.82, 2.24) is 19.5 Å². The Morgan fingerprint density at radius 3 is 2.86 bits per heavy atom. The van der Waals surface area contributed by atoms with Crippen molar-refractivity contribution in [2.75, 3.05) is 5.32 Å². The minimum atomic E-state index is -1.40. The summed E-state index contributed by atoms with van der Waals surface area (Å²) in [6.45, 7) is 5.16. The number of rotatable bonds is 5. The molecule has 6 nitrogen and oxygen atoms in total. The van der Waals surface area contributed by atoms with Gasteiger partial charge in [-0.3, -0.25) is 4.79 Å². The van der Waals surface area contributed by atoms with Crippen LogP contribution in [0.3, 0.4) is 0 Å². The normalized spacial score (nSPS) is 19.2. The van der Waals surface area contributed by atoms with E-state index >= 15 is 0 Å². The fourth-order valence-corrected chi connectivity index (χ4v) is 3.51. The SMILES string of the molecule is CC(C1=C=C2C=CC(C(C)(C)F)=CN21)c1ccc2nc(NC(=O)C3CC3)cn2n1. The van der Waals surface area contributed by atoms with Gasteiger partial charge < -0.3 is 10.2 Å². The van der Waals surface area contributed by atoms with Gasteiger partial charge in [0.25, 0.3) is 0 Å². The summed E-state index contributed by atoms with van der Waals surface area (Å²) in [6, 6.07) is 3.81. The van der Waals surface area contributed by atoms with Crippen LogP contribution >= 0.6 is 0 Å². The number of anilines is 1. The molecule has 29 heavy (non-hydrogen) atoms. The second kappa shape index (κ2) is 6.16. The van der Waals surface area contributed by atoms with Gasteiger partial charge in [0.05, 0.1) is 23.3 Å². The Bertz CT molecular complexity index is 1160. The van der Waals surface area contributed by atoms with E-state index in [1.54, 1.807) is 30.6 Å². The van der Waals surface area contributed by atoms with Crippen LogP contribution < -0.4 is 5.32 Å². The molecule has 3 aliphatic rings. The molecular weight excluding hydrogens is 369 g/mol. The van der Waals surface area contributed by atoms with Crippen LogP contribution in [0, 0.1) is 5.92 Å². The molecule has 1 saturated carbocycles. The third-order valence-corrected chi connectivity index (χ3v) is 5.54. The zero-order valence-corrected chi connectivity index (χ0v) is 16.6. The van der Waals surface area contributed by atoms with Crippen LogP contribution in [0.1, 0.15) is 45.2 Å². The highest BCUT2D eigenvalue weighted by atomic mass is 19.1. The molecule has 1 fully saturated rings. The lowest BCUT2D eigenvalue weighted by atomic mass is 9.93. The predicted molar refractivity (Wildman–Crippen MR) is 108 cm³/mol. The molecule has 1 aliphatic carbocycles. The summed E-state index contributed by atoms with van der Waals surface area (Å²) < 4.78 is 16.0. The minimum absolute atomic E-state index is 0.0239. The first kappa shape index (κ1) is 17.9. The van der Waals surface area contributed by atoms with Crippen molar-refractivity contribution in [3.8, 4) is 0 Å². The molecule has 2 aliphatic heterocycles. The summed E-state index contributed by atoms with van der Waals surface area (Å²) in [6.07, 6.45) is 9.15. The lowest BCUT2D eigenvalue weighted by Gasteiger charge is -2.36. The van der Waals surface area contributed by atoms with E-state index in [0.29, 0.717) is 17.0 Å². The Balaban J connectivity index is 1.39. The highest BCUT2D eigenvalue weighted by Crippen LogP contribution is 2.38. The number of hydrogen-bond donors (Lipinski definition) is 1. The molecule has 4 heterocycles. The van der Waals surface area contributed by atoms with Gasteiger partial charge in [-0.05, 0) is 44.9 Å². The smallest absolute Gasteiger partial charge is 0.228 e. The Kier molecular flexibility index (Phi) is 3.80. The number of nitrogens with one attached hydrogen (secondary N) is 1. The third kappa shape index (κ3) is 3.17. The van der Waals surface area contributed by atoms with Crippen molar-refractivity contribution in [3.63, 3.8) is 0 Å². The number of nitrogens with zero attached hydrogens (tertiary/aromatic N) is 4. The summed E-state index contributed by atoms with van der Waals surface area (Å²) in [4.78, 5) is 18.3. The number of carbonyl (C=O) groups excluding carboxylic acids is 1. The van der Waals surface area contributed by atoms with Gasteiger partial charge in [0.1, 0.15) is 5.67 Å². The number of allylic oxidation sites excluding steroid dienone is 3. The predicted octanol–water partition coefficient (Wildman–Crippen LogP) is 4.07. The number of halogens is 1. The lowest BCUT2D eigenvalue weighted by molar-refractivity contribution is -0.117. The monoisotopic (exact) mass is 391 g/mol. The molecule has 1 amide bonds. The standard InChI is InChI=1S/C22H22FN5O/c1-13(18-10-16-7-6-15(11-27(16)18)22(2,3)23)17-8-9-20-24-19(12-28(20)26-17)25-21(29)14-4-5-14/h6-9,11-14H,4-5H2,1-3H3,(H,25,29). The van der Waals surface area contributed by atoms with Crippen molar-refractivity contribution < 1.29 is 9.18 Å². The van der Waals surface area contributed by atoms with Gasteiger partial charge in [-0.2, -0.15) is 5.10 Å². The van der Waals surface area contributed by atoms with Crippen LogP contribution in [0.2, 0.25) is 0 Å². The number of fused-ring (bicyclic) bond motifs is 2. The molecule has 1 unspecified atom stereocenters. The Morgan fingerprint density at radius 1 is 1.34 bits per heavy atom. The summed E-state index contributed by atoms with van der Waals surface area (Å²) in [7, 11) is 0. The van der Waals surface area contributed by atoms with Crippen molar-refractivity contribution in [1.29, 1.82) is 0 Å². The largest absolute Gasteiger partial charge is 0.309 e. The number of amides is 1. The fourth-order valence-electron chi connectivity index (χ4n) is 3.51. The lowest BCUT2D eigenvalue weighted by Crippen LogP contribution is -2.30. The van der Waals surface area contributed by atoms with E-state index in [2.05, 4.69) is 21.1 Å². The summed E-state index contributed by atoms with van der Waals surface area (Å²) in [5.74, 6) is 0.640. The molecule has 2 aromatic rings. The highest BCUT2D eigenvalue weighted by Gasteiger charge is 2.32. The minimum Gasteiger partial charge on any atom is -0.309 e. The molecule has 0 spiro atoms. The molecular formula is C22H22FN5O. The van der Waals surface area contributed by atoms with Gasteiger partial charge in [-0.15, -0.1) is 0 Å². The summed E-state index contributed by atoms with van der Waals surface area (Å²) in [5.41, 5.74) is 5.95. The van der Waals surface area contributed by atoms with Crippen LogP contribution in [0.15, 0.2) is 59.4 Å². The zero-order chi connectivity index (χ0) is 20.3. The molecule has 5 rings (SSSR count). The maximum atomic E-state index is 14.3. The number of hydrogen-bond acceptors (Lipinski definition) is 4. The van der Waals surface area contributed by atoms with Crippen LogP contribution in [0.25, 0.3) is 5.65 Å². The van der Waals surface area contributed by atoms with E-state index in [1.807, 2.05) is 36.2 Å². The molecule has 2 aromatic heterocycles. The number of alkyl halides is 1. The Hall–Kier alpha value is -3.18. The van der Waals surface area contributed by atoms with E-state index in [1.165, 1.54) is 0 Å². The van der Waals surface area contributed by atoms with Gasteiger partial charge in [-0.25, -0.2) is 13.9 Å². The van der Waals surface area contributed by atoms with Crippen LogP contribution in [0.4, 0.5) is 10.2 Å². The molecule has 1 N–H and O–H groups in total. The van der Waals surface area contributed by atoms with Gasteiger partial charge >= 0.3 is 0 Å². The Morgan fingerprint density at radius 2 is 2.14 bits per heavy atom. The van der Waals surface area contributed by atoms with E-state index in [0.717, 1.165) is 29.9 Å². The van der Waals surface area contributed by atoms with E-state index in [9.17, 15) is 9.18 Å². The summed E-state index contributed by atoms with van der Waals surface area (Å²) in [5, 5.41) is 7.52. The second-order valence-corrected chi connectivity index (χ2v) is 8.33. The van der Waals surface area contributed by atoms with Gasteiger partial charge in [0.2, 0.25) is 5.91 Å². The van der Waals surface area contributed by atoms with Gasteiger partial charge in [-0.1, -0.05) is 18.7 Å². The molecule has 0 bridgehead atoms.